The Balaban J connectivity index is 1.89. The Morgan fingerprint density at radius 2 is 2.30 bits per heavy atom. The fraction of sp³-hybridized carbons (Fsp3) is 0.467. The Kier molecular flexibility index (Phi) is 5.31. The number of nitrogens with zero attached hydrogens (tertiary/aromatic N) is 1. The molecule has 2 rings (SSSR count). The third-order valence-corrected chi connectivity index (χ3v) is 3.99. The first-order valence-corrected chi connectivity index (χ1v) is 7.92. The van der Waals surface area contributed by atoms with Crippen LogP contribution in [0.1, 0.15) is 31.7 Å². The van der Waals surface area contributed by atoms with E-state index in [1.807, 2.05) is 18.2 Å². The van der Waals surface area contributed by atoms with Crippen LogP contribution < -0.4 is 10.6 Å². The predicted molar refractivity (Wildman–Crippen MR) is 81.8 cm³/mol. The molecule has 0 aromatic heterocycles. The van der Waals surface area contributed by atoms with E-state index in [1.54, 1.807) is 11.8 Å². The summed E-state index contributed by atoms with van der Waals surface area (Å²) in [6.07, 6.45) is 2.65. The first-order chi connectivity index (χ1) is 9.74. The van der Waals surface area contributed by atoms with Crippen LogP contribution in [0, 0.1) is 11.3 Å². The minimum Gasteiger partial charge on any atom is -0.383 e. The third-order valence-electron chi connectivity index (χ3n) is 3.05. The van der Waals surface area contributed by atoms with Gasteiger partial charge in [0.1, 0.15) is 6.07 Å². The van der Waals surface area contributed by atoms with Crippen molar-refractivity contribution in [2.24, 2.45) is 0 Å². The van der Waals surface area contributed by atoms with Crippen molar-refractivity contribution in [1.82, 2.24) is 5.32 Å². The van der Waals surface area contributed by atoms with Crippen molar-refractivity contribution in [2.75, 3.05) is 17.6 Å². The highest BCUT2D eigenvalue weighted by molar-refractivity contribution is 7.99. The number of benzene rings is 1. The number of carbonyl (C=O) groups excluding carboxylic acids is 1. The lowest BCUT2D eigenvalue weighted by molar-refractivity contribution is -0.120. The minimum atomic E-state index is 0.0811. The number of carbonyl (C=O) groups is 1. The number of nitrogens with one attached hydrogen (secondary N) is 2. The van der Waals surface area contributed by atoms with E-state index >= 15 is 0 Å². The van der Waals surface area contributed by atoms with E-state index in [4.69, 9.17) is 0 Å². The van der Waals surface area contributed by atoms with E-state index in [0.717, 1.165) is 29.2 Å². The van der Waals surface area contributed by atoms with Gasteiger partial charge in [0.15, 0.2) is 0 Å². The molecule has 106 valence electrons. The molecule has 20 heavy (non-hydrogen) atoms. The lowest BCUT2D eigenvalue weighted by Gasteiger charge is -2.11. The van der Waals surface area contributed by atoms with Gasteiger partial charge < -0.3 is 10.6 Å². The Morgan fingerprint density at radius 1 is 1.50 bits per heavy atom. The number of hydrogen-bond donors (Lipinski definition) is 2. The van der Waals surface area contributed by atoms with Gasteiger partial charge in [0, 0.05) is 23.9 Å². The van der Waals surface area contributed by atoms with Gasteiger partial charge in [-0.05, 0) is 30.7 Å². The van der Waals surface area contributed by atoms with Crippen molar-refractivity contribution >= 4 is 23.4 Å². The van der Waals surface area contributed by atoms with Crippen molar-refractivity contribution in [3.8, 4) is 6.07 Å². The topological polar surface area (TPSA) is 64.9 Å². The summed E-state index contributed by atoms with van der Waals surface area (Å²) in [5.41, 5.74) is 1.48. The largest absolute Gasteiger partial charge is 0.383 e. The number of thioether (sulfide) groups is 1. The highest BCUT2D eigenvalue weighted by atomic mass is 32.2. The first kappa shape index (κ1) is 14.7. The van der Waals surface area contributed by atoms with E-state index in [9.17, 15) is 10.1 Å². The summed E-state index contributed by atoms with van der Waals surface area (Å²) >= 11 is 1.66. The van der Waals surface area contributed by atoms with Gasteiger partial charge in [-0.1, -0.05) is 13.0 Å². The maximum absolute atomic E-state index is 11.6. The zero-order chi connectivity index (χ0) is 14.4. The van der Waals surface area contributed by atoms with Gasteiger partial charge in [0.2, 0.25) is 5.91 Å². The second-order valence-electron chi connectivity index (χ2n) is 4.74. The SMILES string of the molecule is CCSc1cccc(NCCC(=O)NC2CC2)c1C#N. The zero-order valence-corrected chi connectivity index (χ0v) is 12.4. The summed E-state index contributed by atoms with van der Waals surface area (Å²) in [6, 6.07) is 8.43. The predicted octanol–water partition coefficient (Wildman–Crippen LogP) is 2.75. The van der Waals surface area contributed by atoms with Gasteiger partial charge in [-0.3, -0.25) is 4.79 Å². The average molecular weight is 289 g/mol. The van der Waals surface area contributed by atoms with Crippen LogP contribution in [0.25, 0.3) is 0 Å². The zero-order valence-electron chi connectivity index (χ0n) is 11.6. The Morgan fingerprint density at radius 3 is 2.95 bits per heavy atom. The van der Waals surface area contributed by atoms with Crippen LogP contribution in [-0.2, 0) is 4.79 Å². The van der Waals surface area contributed by atoms with Crippen LogP contribution in [0.5, 0.6) is 0 Å². The van der Waals surface area contributed by atoms with Gasteiger partial charge >= 0.3 is 0 Å². The molecule has 1 aromatic carbocycles. The maximum atomic E-state index is 11.6. The van der Waals surface area contributed by atoms with E-state index < -0.39 is 0 Å². The molecule has 1 aliphatic carbocycles. The molecule has 1 aromatic rings. The average Bonchev–Trinajstić information content (AvgIpc) is 3.23. The number of amides is 1. The molecule has 4 nitrogen and oxygen atoms in total. The summed E-state index contributed by atoms with van der Waals surface area (Å²) in [6.45, 7) is 2.61. The van der Waals surface area contributed by atoms with Gasteiger partial charge in [0.05, 0.1) is 11.3 Å². The van der Waals surface area contributed by atoms with Crippen molar-refractivity contribution in [1.29, 1.82) is 5.26 Å². The Labute approximate surface area is 123 Å². The normalized spacial score (nSPS) is 13.6. The summed E-state index contributed by atoms with van der Waals surface area (Å²) < 4.78 is 0. The van der Waals surface area contributed by atoms with Gasteiger partial charge in [-0.2, -0.15) is 5.26 Å². The molecular weight excluding hydrogens is 270 g/mol. The molecule has 0 radical (unpaired) electrons. The quantitative estimate of drug-likeness (QED) is 0.758. The van der Waals surface area contributed by atoms with Crippen molar-refractivity contribution < 1.29 is 4.79 Å². The maximum Gasteiger partial charge on any atom is 0.221 e. The standard InChI is InChI=1S/C15H19N3OS/c1-2-20-14-5-3-4-13(12(14)10-16)17-9-8-15(19)18-11-6-7-11/h3-5,11,17H,2,6-9H2,1H3,(H,18,19). The van der Waals surface area contributed by atoms with Gasteiger partial charge in [0.25, 0.3) is 0 Å². The second kappa shape index (κ2) is 7.20. The molecule has 1 amide bonds. The number of hydrogen-bond acceptors (Lipinski definition) is 4. The monoisotopic (exact) mass is 289 g/mol. The fourth-order valence-corrected chi connectivity index (χ4v) is 2.69. The molecule has 0 spiro atoms. The molecule has 1 saturated carbocycles. The molecule has 0 heterocycles. The van der Waals surface area contributed by atoms with E-state index in [0.29, 0.717) is 24.6 Å². The van der Waals surface area contributed by atoms with Gasteiger partial charge in [-0.25, -0.2) is 0 Å². The van der Waals surface area contributed by atoms with Crippen LogP contribution in [0.4, 0.5) is 5.69 Å². The number of rotatable bonds is 7. The van der Waals surface area contributed by atoms with Crippen LogP contribution in [-0.4, -0.2) is 24.2 Å². The first-order valence-electron chi connectivity index (χ1n) is 6.93. The van der Waals surface area contributed by atoms with E-state index in [-0.39, 0.29) is 5.91 Å². The summed E-state index contributed by atoms with van der Waals surface area (Å²) in [4.78, 5) is 12.6. The minimum absolute atomic E-state index is 0.0811. The number of anilines is 1. The lowest BCUT2D eigenvalue weighted by Crippen LogP contribution is -2.27. The van der Waals surface area contributed by atoms with E-state index in [2.05, 4.69) is 23.6 Å². The smallest absolute Gasteiger partial charge is 0.221 e. The molecule has 1 aliphatic rings. The molecule has 2 N–H and O–H groups in total. The summed E-state index contributed by atoms with van der Waals surface area (Å²) in [5.74, 6) is 1.01. The van der Waals surface area contributed by atoms with Crippen LogP contribution in [0.2, 0.25) is 0 Å². The molecular formula is C15H19N3OS. The fourth-order valence-electron chi connectivity index (χ4n) is 1.91. The van der Waals surface area contributed by atoms with Crippen LogP contribution >= 0.6 is 11.8 Å². The third kappa shape index (κ3) is 4.17. The van der Waals surface area contributed by atoms with Gasteiger partial charge in [-0.15, -0.1) is 11.8 Å². The summed E-state index contributed by atoms with van der Waals surface area (Å²) in [5, 5.41) is 15.4. The Hall–Kier alpha value is -1.67. The number of nitriles is 1. The molecule has 1 fully saturated rings. The van der Waals surface area contributed by atoms with Crippen molar-refractivity contribution in [2.45, 2.75) is 37.1 Å². The molecule has 0 bridgehead atoms. The Bertz CT molecular complexity index is 520. The van der Waals surface area contributed by atoms with Crippen LogP contribution in [0.3, 0.4) is 0 Å². The molecule has 0 aliphatic heterocycles. The van der Waals surface area contributed by atoms with Crippen molar-refractivity contribution in [3.63, 3.8) is 0 Å². The second-order valence-corrected chi connectivity index (χ2v) is 6.05. The van der Waals surface area contributed by atoms with Crippen LogP contribution in [0.15, 0.2) is 23.1 Å². The summed E-state index contributed by atoms with van der Waals surface area (Å²) in [7, 11) is 0. The highest BCUT2D eigenvalue weighted by Crippen LogP contribution is 2.27. The van der Waals surface area contributed by atoms with Crippen molar-refractivity contribution in [3.05, 3.63) is 23.8 Å². The molecule has 0 saturated heterocycles. The lowest BCUT2D eigenvalue weighted by atomic mass is 10.2. The molecule has 5 heteroatoms. The molecule has 0 atom stereocenters. The van der Waals surface area contributed by atoms with E-state index in [1.165, 1.54) is 0 Å². The molecule has 0 unspecified atom stereocenters. The highest BCUT2D eigenvalue weighted by Gasteiger charge is 2.22.